The Morgan fingerprint density at radius 1 is 0.633 bits per heavy atom. The second kappa shape index (κ2) is 6.14. The molecular formula is C27H19NO2. The number of rotatable bonds is 1. The van der Waals surface area contributed by atoms with Crippen LogP contribution in [0.1, 0.15) is 43.0 Å². The van der Waals surface area contributed by atoms with Crippen LogP contribution in [0, 0.1) is 6.92 Å². The summed E-state index contributed by atoms with van der Waals surface area (Å²) in [6.07, 6.45) is 0.880. The average molecular weight is 389 g/mol. The lowest BCUT2D eigenvalue weighted by Crippen LogP contribution is -2.20. The van der Waals surface area contributed by atoms with Gasteiger partial charge in [-0.3, -0.25) is 9.59 Å². The molecule has 0 amide bonds. The van der Waals surface area contributed by atoms with Gasteiger partial charge in [0.15, 0.2) is 11.6 Å². The van der Waals surface area contributed by atoms with E-state index in [0.717, 1.165) is 41.0 Å². The average Bonchev–Trinajstić information content (AvgIpc) is 3.14. The van der Waals surface area contributed by atoms with E-state index in [4.69, 9.17) is 0 Å². The van der Waals surface area contributed by atoms with Gasteiger partial charge in [0.2, 0.25) is 0 Å². The van der Waals surface area contributed by atoms with Crippen molar-refractivity contribution in [2.75, 3.05) is 0 Å². The van der Waals surface area contributed by atoms with Crippen LogP contribution in [0.2, 0.25) is 0 Å². The molecule has 0 saturated heterocycles. The molecule has 0 radical (unpaired) electrons. The second-order valence-electron chi connectivity index (χ2n) is 8.02. The third-order valence-corrected chi connectivity index (χ3v) is 6.41. The van der Waals surface area contributed by atoms with Crippen LogP contribution < -0.4 is 0 Å². The van der Waals surface area contributed by atoms with Gasteiger partial charge in [0.1, 0.15) is 0 Å². The SMILES string of the molecule is Cc1ccccc1-c1c2c(c3n1CCc1ccccc1-3)C(=O)c1ccccc1C2=O. The van der Waals surface area contributed by atoms with E-state index >= 15 is 0 Å². The Bertz CT molecular complexity index is 1390. The highest BCUT2D eigenvalue weighted by atomic mass is 16.1. The van der Waals surface area contributed by atoms with Crippen LogP contribution in [0.25, 0.3) is 22.5 Å². The lowest BCUT2D eigenvalue weighted by molar-refractivity contribution is 0.0981. The zero-order valence-corrected chi connectivity index (χ0v) is 16.6. The van der Waals surface area contributed by atoms with E-state index in [-0.39, 0.29) is 11.6 Å². The molecule has 0 saturated carbocycles. The number of hydrogen-bond acceptors (Lipinski definition) is 2. The molecule has 0 bridgehead atoms. The molecule has 2 heterocycles. The van der Waals surface area contributed by atoms with Gasteiger partial charge < -0.3 is 4.57 Å². The van der Waals surface area contributed by atoms with Crippen LogP contribution in [-0.2, 0) is 13.0 Å². The minimum absolute atomic E-state index is 0.0551. The fourth-order valence-corrected chi connectivity index (χ4v) is 5.03. The van der Waals surface area contributed by atoms with Crippen molar-refractivity contribution < 1.29 is 9.59 Å². The molecule has 144 valence electrons. The van der Waals surface area contributed by atoms with Gasteiger partial charge in [-0.15, -0.1) is 0 Å². The summed E-state index contributed by atoms with van der Waals surface area (Å²) in [5, 5.41) is 0. The molecule has 30 heavy (non-hydrogen) atoms. The lowest BCUT2D eigenvalue weighted by Gasteiger charge is -2.22. The summed E-state index contributed by atoms with van der Waals surface area (Å²) in [6.45, 7) is 2.81. The van der Waals surface area contributed by atoms with Gasteiger partial charge in [-0.05, 0) is 24.5 Å². The van der Waals surface area contributed by atoms with Crippen LogP contribution in [0.3, 0.4) is 0 Å². The molecule has 0 spiro atoms. The van der Waals surface area contributed by atoms with Crippen molar-refractivity contribution in [1.29, 1.82) is 0 Å². The Labute approximate surface area is 174 Å². The largest absolute Gasteiger partial charge is 0.339 e. The van der Waals surface area contributed by atoms with Crippen LogP contribution >= 0.6 is 0 Å². The number of carbonyl (C=O) groups is 2. The van der Waals surface area contributed by atoms with Crippen LogP contribution in [0.5, 0.6) is 0 Å². The molecule has 0 unspecified atom stereocenters. The van der Waals surface area contributed by atoms with Crippen LogP contribution in [-0.4, -0.2) is 16.1 Å². The first-order valence-electron chi connectivity index (χ1n) is 10.3. The van der Waals surface area contributed by atoms with Crippen molar-refractivity contribution in [3.8, 4) is 22.5 Å². The maximum Gasteiger partial charge on any atom is 0.196 e. The van der Waals surface area contributed by atoms with E-state index in [1.165, 1.54) is 5.56 Å². The molecule has 6 rings (SSSR count). The highest BCUT2D eigenvalue weighted by Crippen LogP contribution is 2.45. The van der Waals surface area contributed by atoms with E-state index in [1.54, 1.807) is 12.1 Å². The summed E-state index contributed by atoms with van der Waals surface area (Å²) in [6, 6.07) is 23.5. The molecule has 1 aromatic heterocycles. The maximum absolute atomic E-state index is 13.7. The lowest BCUT2D eigenvalue weighted by atomic mass is 9.82. The normalized spacial score (nSPS) is 14.0. The number of carbonyl (C=O) groups excluding carboxylic acids is 2. The van der Waals surface area contributed by atoms with E-state index in [1.807, 2.05) is 36.4 Å². The molecule has 3 aromatic carbocycles. The summed E-state index contributed by atoms with van der Waals surface area (Å²) >= 11 is 0. The summed E-state index contributed by atoms with van der Waals surface area (Å²) in [4.78, 5) is 27.4. The maximum atomic E-state index is 13.7. The fraction of sp³-hybridized carbons (Fsp3) is 0.111. The van der Waals surface area contributed by atoms with Crippen LogP contribution in [0.15, 0.2) is 72.8 Å². The van der Waals surface area contributed by atoms with Crippen LogP contribution in [0.4, 0.5) is 0 Å². The third-order valence-electron chi connectivity index (χ3n) is 6.41. The first-order chi connectivity index (χ1) is 14.7. The topological polar surface area (TPSA) is 39.1 Å². The van der Waals surface area contributed by atoms with E-state index in [2.05, 4.69) is 35.8 Å². The molecule has 0 fully saturated rings. The van der Waals surface area contributed by atoms with Gasteiger partial charge in [-0.25, -0.2) is 0 Å². The number of benzene rings is 3. The standard InChI is InChI=1S/C27H19NO2/c1-16-8-2-4-10-18(16)24-22-23(27(30)21-13-7-6-12-20(21)26(22)29)25-19-11-5-3-9-17(19)14-15-28(24)25/h2-13H,14-15H2,1H3. The van der Waals surface area contributed by atoms with Gasteiger partial charge >= 0.3 is 0 Å². The minimum Gasteiger partial charge on any atom is -0.339 e. The van der Waals surface area contributed by atoms with E-state index < -0.39 is 0 Å². The smallest absolute Gasteiger partial charge is 0.196 e. The van der Waals surface area contributed by atoms with Gasteiger partial charge in [0.05, 0.1) is 22.5 Å². The molecule has 1 aliphatic heterocycles. The number of nitrogens with zero attached hydrogens (tertiary/aromatic N) is 1. The predicted octanol–water partition coefficient (Wildman–Crippen LogP) is 5.46. The van der Waals surface area contributed by atoms with Crippen molar-refractivity contribution >= 4 is 11.6 Å². The van der Waals surface area contributed by atoms with Crippen molar-refractivity contribution in [2.24, 2.45) is 0 Å². The second-order valence-corrected chi connectivity index (χ2v) is 8.02. The zero-order valence-electron chi connectivity index (χ0n) is 16.6. The highest BCUT2D eigenvalue weighted by Gasteiger charge is 2.40. The van der Waals surface area contributed by atoms with E-state index in [9.17, 15) is 9.59 Å². The molecule has 4 aromatic rings. The van der Waals surface area contributed by atoms with Gasteiger partial charge in [0.25, 0.3) is 0 Å². The third kappa shape index (κ3) is 2.15. The first-order valence-corrected chi connectivity index (χ1v) is 10.3. The number of ketones is 2. The molecule has 3 heteroatoms. The monoisotopic (exact) mass is 389 g/mol. The minimum atomic E-state index is -0.0576. The quantitative estimate of drug-likeness (QED) is 0.382. The van der Waals surface area contributed by atoms with Crippen molar-refractivity contribution in [3.05, 3.63) is 106 Å². The molecule has 3 nitrogen and oxygen atoms in total. The molecule has 1 aliphatic carbocycles. The molecule has 0 N–H and O–H groups in total. The Morgan fingerprint density at radius 3 is 1.77 bits per heavy atom. The number of aryl methyl sites for hydroxylation is 2. The van der Waals surface area contributed by atoms with Gasteiger partial charge in [-0.2, -0.15) is 0 Å². The van der Waals surface area contributed by atoms with Crippen molar-refractivity contribution in [1.82, 2.24) is 4.57 Å². The zero-order chi connectivity index (χ0) is 20.4. The fourth-order valence-electron chi connectivity index (χ4n) is 5.03. The number of aromatic nitrogens is 1. The number of fused-ring (bicyclic) bond motifs is 6. The summed E-state index contributed by atoms with van der Waals surface area (Å²) < 4.78 is 2.21. The Hall–Kier alpha value is -3.72. The predicted molar refractivity (Wildman–Crippen MR) is 117 cm³/mol. The molecule has 0 atom stereocenters. The van der Waals surface area contributed by atoms with E-state index in [0.29, 0.717) is 22.3 Å². The number of hydrogen-bond donors (Lipinski definition) is 0. The summed E-state index contributed by atoms with van der Waals surface area (Å²) in [5.74, 6) is -0.113. The van der Waals surface area contributed by atoms with Crippen molar-refractivity contribution in [2.45, 2.75) is 19.9 Å². The summed E-state index contributed by atoms with van der Waals surface area (Å²) in [5.41, 5.74) is 8.27. The van der Waals surface area contributed by atoms with Crippen molar-refractivity contribution in [3.63, 3.8) is 0 Å². The first kappa shape index (κ1) is 17.2. The Balaban J connectivity index is 1.78. The Kier molecular flexibility index (Phi) is 3.51. The highest BCUT2D eigenvalue weighted by molar-refractivity contribution is 6.32. The summed E-state index contributed by atoms with van der Waals surface area (Å²) in [7, 11) is 0. The van der Waals surface area contributed by atoms with Gasteiger partial charge in [0, 0.05) is 28.8 Å². The van der Waals surface area contributed by atoms with Gasteiger partial charge in [-0.1, -0.05) is 72.8 Å². The molecule has 2 aliphatic rings. The molecular weight excluding hydrogens is 370 g/mol. The Morgan fingerprint density at radius 2 is 1.13 bits per heavy atom.